The molecule has 6 heteroatoms. The van der Waals surface area contributed by atoms with Gasteiger partial charge in [0.15, 0.2) is 0 Å². The largest absolute Gasteiger partial charge is 0.489 e. The normalized spacial score (nSPS) is 17.9. The number of benzene rings is 2. The highest BCUT2D eigenvalue weighted by atomic mass is 35.5. The predicted molar refractivity (Wildman–Crippen MR) is 116 cm³/mol. The highest BCUT2D eigenvalue weighted by Gasteiger charge is 2.37. The van der Waals surface area contributed by atoms with Crippen LogP contribution in [0.2, 0.25) is 4.34 Å². The summed E-state index contributed by atoms with van der Waals surface area (Å²) in [7, 11) is 0. The van der Waals surface area contributed by atoms with E-state index in [-0.39, 0.29) is 6.04 Å². The minimum atomic E-state index is -0.766. The van der Waals surface area contributed by atoms with Gasteiger partial charge in [0.25, 0.3) is 0 Å². The van der Waals surface area contributed by atoms with Gasteiger partial charge in [-0.25, -0.2) is 0 Å². The topological polar surface area (TPSA) is 49.8 Å². The third-order valence-electron chi connectivity index (χ3n) is 5.22. The van der Waals surface area contributed by atoms with E-state index in [0.29, 0.717) is 17.4 Å². The number of ether oxygens (including phenoxy) is 1. The first kappa shape index (κ1) is 20.0. The third-order valence-corrected chi connectivity index (χ3v) is 6.50. The fraction of sp³-hybridized carbons (Fsp3) is 0.261. The molecule has 1 aliphatic heterocycles. The first-order valence-electron chi connectivity index (χ1n) is 9.62. The molecule has 4 rings (SSSR count). The number of hydrogen-bond donors (Lipinski definition) is 1. The first-order chi connectivity index (χ1) is 14.1. The van der Waals surface area contributed by atoms with Crippen molar-refractivity contribution < 1.29 is 14.6 Å². The number of rotatable bonds is 7. The maximum absolute atomic E-state index is 11.8. The maximum Gasteiger partial charge on any atom is 0.320 e. The lowest BCUT2D eigenvalue weighted by atomic mass is 10.0. The maximum atomic E-state index is 11.8. The van der Waals surface area contributed by atoms with Gasteiger partial charge in [-0.1, -0.05) is 54.1 Å². The van der Waals surface area contributed by atoms with E-state index >= 15 is 0 Å². The van der Waals surface area contributed by atoms with E-state index in [4.69, 9.17) is 16.3 Å². The summed E-state index contributed by atoms with van der Waals surface area (Å²) < 4.78 is 6.60. The van der Waals surface area contributed by atoms with E-state index in [1.165, 1.54) is 11.3 Å². The number of aliphatic carboxylic acids is 1. The molecule has 1 aliphatic rings. The Morgan fingerprint density at radius 1 is 1.14 bits per heavy atom. The molecule has 0 aliphatic carbocycles. The lowest BCUT2D eigenvalue weighted by Gasteiger charge is -2.31. The minimum absolute atomic E-state index is 0.126. The molecule has 0 bridgehead atoms. The fourth-order valence-corrected chi connectivity index (χ4v) is 5.06. The molecule has 29 heavy (non-hydrogen) atoms. The molecule has 0 spiro atoms. The Labute approximate surface area is 179 Å². The number of carbonyl (C=O) groups is 1. The highest BCUT2D eigenvalue weighted by Crippen LogP contribution is 2.39. The Morgan fingerprint density at radius 2 is 1.90 bits per heavy atom. The Kier molecular flexibility index (Phi) is 6.19. The van der Waals surface area contributed by atoms with E-state index in [0.717, 1.165) is 34.7 Å². The Morgan fingerprint density at radius 3 is 2.55 bits per heavy atom. The van der Waals surface area contributed by atoms with Crippen molar-refractivity contribution >= 4 is 28.9 Å². The van der Waals surface area contributed by atoms with Crippen LogP contribution in [0.4, 0.5) is 0 Å². The first-order valence-corrected chi connectivity index (χ1v) is 10.8. The zero-order valence-electron chi connectivity index (χ0n) is 15.8. The molecule has 1 fully saturated rings. The van der Waals surface area contributed by atoms with Crippen molar-refractivity contribution in [3.63, 3.8) is 0 Å². The van der Waals surface area contributed by atoms with Gasteiger partial charge in [-0.2, -0.15) is 0 Å². The highest BCUT2D eigenvalue weighted by molar-refractivity contribution is 7.16. The van der Waals surface area contributed by atoms with Crippen molar-refractivity contribution in [2.75, 3.05) is 6.54 Å². The van der Waals surface area contributed by atoms with Crippen molar-refractivity contribution in [1.82, 2.24) is 4.90 Å². The molecular weight excluding hydrogens is 406 g/mol. The van der Waals surface area contributed by atoms with Crippen molar-refractivity contribution in [3.05, 3.63) is 87.1 Å². The molecule has 2 atom stereocenters. The second-order valence-electron chi connectivity index (χ2n) is 7.12. The monoisotopic (exact) mass is 427 g/mol. The number of halogens is 1. The Hall–Kier alpha value is -2.34. The average molecular weight is 428 g/mol. The molecule has 0 amide bonds. The van der Waals surface area contributed by atoms with Crippen molar-refractivity contribution in [2.24, 2.45) is 0 Å². The van der Waals surface area contributed by atoms with Gasteiger partial charge in [0.05, 0.1) is 10.4 Å². The van der Waals surface area contributed by atoms with Crippen LogP contribution in [0.1, 0.15) is 34.9 Å². The second-order valence-corrected chi connectivity index (χ2v) is 8.87. The molecule has 0 radical (unpaired) electrons. The summed E-state index contributed by atoms with van der Waals surface area (Å²) in [6.07, 6.45) is 1.55. The molecule has 2 heterocycles. The predicted octanol–water partition coefficient (Wildman–Crippen LogP) is 5.62. The van der Waals surface area contributed by atoms with Crippen LogP contribution in [-0.2, 0) is 11.4 Å². The Bertz CT molecular complexity index is 958. The zero-order valence-corrected chi connectivity index (χ0v) is 17.4. The lowest BCUT2D eigenvalue weighted by Crippen LogP contribution is -2.38. The summed E-state index contributed by atoms with van der Waals surface area (Å²) in [6, 6.07) is 21.2. The molecule has 3 aromatic rings. The van der Waals surface area contributed by atoms with Gasteiger partial charge >= 0.3 is 5.97 Å². The summed E-state index contributed by atoms with van der Waals surface area (Å²) >= 11 is 7.69. The van der Waals surface area contributed by atoms with Gasteiger partial charge in [0.1, 0.15) is 18.4 Å². The van der Waals surface area contributed by atoms with Crippen LogP contribution in [0.15, 0.2) is 66.7 Å². The summed E-state index contributed by atoms with van der Waals surface area (Å²) in [5.41, 5.74) is 2.16. The van der Waals surface area contributed by atoms with E-state index in [2.05, 4.69) is 4.90 Å². The second kappa shape index (κ2) is 8.99. The molecule has 150 valence electrons. The van der Waals surface area contributed by atoms with Crippen LogP contribution in [0.5, 0.6) is 5.75 Å². The van der Waals surface area contributed by atoms with Crippen molar-refractivity contribution in [3.8, 4) is 5.75 Å². The van der Waals surface area contributed by atoms with Gasteiger partial charge in [-0.05, 0) is 48.2 Å². The number of hydrogen-bond acceptors (Lipinski definition) is 4. The average Bonchev–Trinajstić information content (AvgIpc) is 3.38. The van der Waals surface area contributed by atoms with Gasteiger partial charge in [0, 0.05) is 11.4 Å². The molecule has 1 aromatic heterocycles. The van der Waals surface area contributed by atoms with Gasteiger partial charge in [0.2, 0.25) is 0 Å². The Balaban J connectivity index is 1.57. The lowest BCUT2D eigenvalue weighted by molar-refractivity contribution is -0.142. The molecule has 1 saturated heterocycles. The van der Waals surface area contributed by atoms with E-state index in [9.17, 15) is 9.90 Å². The van der Waals surface area contributed by atoms with Crippen LogP contribution in [-0.4, -0.2) is 28.6 Å². The number of carboxylic acids is 1. The molecule has 4 nitrogen and oxygen atoms in total. The molecular formula is C23H22ClNO3S. The summed E-state index contributed by atoms with van der Waals surface area (Å²) in [5, 5.41) is 9.67. The van der Waals surface area contributed by atoms with E-state index in [1.54, 1.807) is 0 Å². The third kappa shape index (κ3) is 4.64. The summed E-state index contributed by atoms with van der Waals surface area (Å²) in [4.78, 5) is 14.9. The van der Waals surface area contributed by atoms with Crippen molar-refractivity contribution in [2.45, 2.75) is 31.5 Å². The number of likely N-dealkylation sites (tertiary alicyclic amines) is 1. The van der Waals surface area contributed by atoms with Crippen LogP contribution in [0, 0.1) is 0 Å². The minimum Gasteiger partial charge on any atom is -0.489 e. The van der Waals surface area contributed by atoms with Crippen LogP contribution in [0.3, 0.4) is 0 Å². The molecule has 2 aromatic carbocycles. The number of nitrogens with zero attached hydrogens (tertiary/aromatic N) is 1. The molecule has 2 unspecified atom stereocenters. The summed E-state index contributed by atoms with van der Waals surface area (Å²) in [5.74, 6) is 0.0229. The van der Waals surface area contributed by atoms with E-state index in [1.807, 2.05) is 66.7 Å². The van der Waals surface area contributed by atoms with Crippen LogP contribution < -0.4 is 4.74 Å². The fourth-order valence-electron chi connectivity index (χ4n) is 3.84. The molecule has 1 N–H and O–H groups in total. The van der Waals surface area contributed by atoms with Gasteiger partial charge in [-0.15, -0.1) is 11.3 Å². The summed E-state index contributed by atoms with van der Waals surface area (Å²) in [6.45, 7) is 1.26. The quantitative estimate of drug-likeness (QED) is 0.531. The van der Waals surface area contributed by atoms with Gasteiger partial charge in [-0.3, -0.25) is 9.69 Å². The number of thiophene rings is 1. The van der Waals surface area contributed by atoms with Gasteiger partial charge < -0.3 is 9.84 Å². The van der Waals surface area contributed by atoms with Crippen molar-refractivity contribution in [1.29, 1.82) is 0 Å². The SMILES string of the molecule is O=C(O)C1CCCN1C(c1ccc(OCc2ccccc2)cc1)c1ccc(Cl)s1. The van der Waals surface area contributed by atoms with Crippen LogP contribution in [0.25, 0.3) is 0 Å². The van der Waals surface area contributed by atoms with E-state index < -0.39 is 12.0 Å². The number of carboxylic acid groups (broad SMARTS) is 1. The zero-order chi connectivity index (χ0) is 20.2. The molecule has 0 saturated carbocycles. The smallest absolute Gasteiger partial charge is 0.320 e. The standard InChI is InChI=1S/C23H22ClNO3S/c24-21-13-12-20(29-21)22(25-14-4-7-19(25)23(26)27)17-8-10-18(11-9-17)28-15-16-5-2-1-3-6-16/h1-3,5-6,8-13,19,22H,4,7,14-15H2,(H,26,27). The van der Waals surface area contributed by atoms with Crippen LogP contribution >= 0.6 is 22.9 Å².